The van der Waals surface area contributed by atoms with Gasteiger partial charge in [-0.05, 0) is 97.8 Å². The minimum atomic E-state index is -1.74. The number of cyclic esters (lactones) is 2. The zero-order valence-electron chi connectivity index (χ0n) is 51.4. The number of benzene rings is 2. The smallest absolute Gasteiger partial charge is 0.329 e. The summed E-state index contributed by atoms with van der Waals surface area (Å²) >= 11 is 0. The fourth-order valence-corrected chi connectivity index (χ4v) is 10.6. The van der Waals surface area contributed by atoms with Gasteiger partial charge in [-0.15, -0.1) is 0 Å². The zero-order chi connectivity index (χ0) is 62.4. The van der Waals surface area contributed by atoms with Gasteiger partial charge >= 0.3 is 11.9 Å². The fourth-order valence-electron chi connectivity index (χ4n) is 10.6. The Bertz CT molecular complexity index is 2740. The highest BCUT2D eigenvalue weighted by Gasteiger charge is 2.44. The number of carbonyl (C=O) groups is 9. The topological polar surface area (TPSA) is 272 Å². The summed E-state index contributed by atoms with van der Waals surface area (Å²) in [6.45, 7) is 19.2. The van der Waals surface area contributed by atoms with Crippen molar-refractivity contribution in [1.29, 1.82) is 0 Å². The second kappa shape index (κ2) is 30.4. The lowest BCUT2D eigenvalue weighted by molar-refractivity contribution is -0.162. The monoisotopic (exact) mass is 1170 g/mol. The molecule has 5 N–H and O–H groups in total. The van der Waals surface area contributed by atoms with E-state index in [1.54, 1.807) is 58.0 Å². The van der Waals surface area contributed by atoms with Crippen molar-refractivity contribution in [2.75, 3.05) is 53.3 Å². The van der Waals surface area contributed by atoms with Crippen LogP contribution in [0.15, 0.2) is 60.9 Å². The number of likely N-dealkylation sites (N-methyl/N-ethyl adjacent to an activating group) is 2. The van der Waals surface area contributed by atoms with Crippen molar-refractivity contribution in [3.8, 4) is 11.5 Å². The van der Waals surface area contributed by atoms with Crippen LogP contribution in [0, 0.1) is 23.7 Å². The molecule has 0 spiro atoms. The van der Waals surface area contributed by atoms with Crippen molar-refractivity contribution in [1.82, 2.24) is 36.0 Å². The van der Waals surface area contributed by atoms with Crippen LogP contribution in [0.3, 0.4) is 0 Å². The number of nitrogens with one attached hydrogen (secondary N) is 4. The van der Waals surface area contributed by atoms with Gasteiger partial charge in [-0.1, -0.05) is 80.5 Å². The molecule has 2 aromatic carbocycles. The summed E-state index contributed by atoms with van der Waals surface area (Å²) in [5, 5.41) is 22.9. The molecular formula is C62H90N8O14. The summed E-state index contributed by atoms with van der Waals surface area (Å²) in [5.41, 5.74) is 2.77. The molecule has 0 radical (unpaired) electrons. The lowest BCUT2D eigenvalue weighted by atomic mass is 9.92. The van der Waals surface area contributed by atoms with Crippen LogP contribution in [-0.4, -0.2) is 176 Å². The quantitative estimate of drug-likeness (QED) is 0.130. The SMILES string of the molecule is C=C1C=C(CC(=O)NCC(=O)N(C)[C@H](CC(C)C)C(=O)N[C@H]2C(=O)N[C@@H]([C@@H](C)CC)[C@@H](O)CC(=O)O[C@@H](C(C)C)C(=O)N[C@@H](CC(C)C)C(=O)N3CCC[C@H]3C(=O)N(C)[C@@H](Cc3ccc(OC)cc3)C(=O)O[C@H]2C)c2ccc(N(C)C)cc2O1. The molecule has 22 nitrogen and oxygen atoms in total. The summed E-state index contributed by atoms with van der Waals surface area (Å²) in [5.74, 6) is -6.78. The molecule has 0 unspecified atom stereocenters. The largest absolute Gasteiger partial charge is 0.497 e. The van der Waals surface area contributed by atoms with Gasteiger partial charge in [-0.3, -0.25) is 38.4 Å². The molecule has 0 aliphatic carbocycles. The van der Waals surface area contributed by atoms with Crippen molar-refractivity contribution >= 4 is 64.5 Å². The molecular weight excluding hydrogens is 1080 g/mol. The third kappa shape index (κ3) is 17.8. The van der Waals surface area contributed by atoms with E-state index in [1.807, 2.05) is 64.9 Å². The van der Waals surface area contributed by atoms with Crippen LogP contribution in [0.25, 0.3) is 5.57 Å². The predicted molar refractivity (Wildman–Crippen MR) is 316 cm³/mol. The van der Waals surface area contributed by atoms with Crippen LogP contribution in [0.5, 0.6) is 11.5 Å². The number of methoxy groups -OCH3 is 1. The van der Waals surface area contributed by atoms with Crippen LogP contribution in [0.2, 0.25) is 0 Å². The van der Waals surface area contributed by atoms with Crippen molar-refractivity contribution in [3.05, 3.63) is 72.0 Å². The number of carbonyl (C=O) groups excluding carboxylic acids is 9. The van der Waals surface area contributed by atoms with E-state index < -0.39 is 133 Å². The van der Waals surface area contributed by atoms with Crippen LogP contribution < -0.4 is 35.6 Å². The number of rotatable bonds is 18. The van der Waals surface area contributed by atoms with Crippen molar-refractivity contribution < 1.29 is 67.2 Å². The third-order valence-corrected chi connectivity index (χ3v) is 15.7. The minimum absolute atomic E-state index is 0.0761. The van der Waals surface area contributed by atoms with E-state index in [0.717, 1.165) is 5.69 Å². The molecule has 3 aliphatic rings. The Hall–Kier alpha value is -7.49. The van der Waals surface area contributed by atoms with Crippen molar-refractivity contribution in [2.45, 2.75) is 168 Å². The van der Waals surface area contributed by atoms with Crippen LogP contribution in [-0.2, 0) is 59.0 Å². The molecule has 2 fully saturated rings. The van der Waals surface area contributed by atoms with E-state index in [9.17, 15) is 43.5 Å². The van der Waals surface area contributed by atoms with E-state index in [4.69, 9.17) is 18.9 Å². The molecule has 3 heterocycles. The molecule has 0 bridgehead atoms. The molecule has 2 aromatic rings. The first kappa shape index (κ1) is 67.3. The Morgan fingerprint density at radius 1 is 0.905 bits per heavy atom. The highest BCUT2D eigenvalue weighted by atomic mass is 16.6. The van der Waals surface area contributed by atoms with E-state index in [2.05, 4.69) is 27.8 Å². The van der Waals surface area contributed by atoms with Crippen LogP contribution >= 0.6 is 0 Å². The molecule has 84 heavy (non-hydrogen) atoms. The highest BCUT2D eigenvalue weighted by Crippen LogP contribution is 2.37. The summed E-state index contributed by atoms with van der Waals surface area (Å²) in [4.78, 5) is 136. The third-order valence-electron chi connectivity index (χ3n) is 15.7. The second-order valence-corrected chi connectivity index (χ2v) is 23.8. The van der Waals surface area contributed by atoms with Crippen molar-refractivity contribution in [2.24, 2.45) is 23.7 Å². The summed E-state index contributed by atoms with van der Waals surface area (Å²) in [6, 6.07) is 4.61. The van der Waals surface area contributed by atoms with E-state index in [1.165, 1.54) is 42.8 Å². The maximum absolute atomic E-state index is 15.0. The number of hydrogen-bond donors (Lipinski definition) is 5. The van der Waals surface area contributed by atoms with Gasteiger partial charge in [0.05, 0.1) is 38.6 Å². The number of allylic oxidation sites excluding steroid dienone is 1. The molecule has 7 amide bonds. The molecule has 2 saturated heterocycles. The molecule has 0 saturated carbocycles. The summed E-state index contributed by atoms with van der Waals surface area (Å²) < 4.78 is 23.2. The molecule has 3 aliphatic heterocycles. The fraction of sp³-hybridized carbons (Fsp3) is 0.597. The normalized spacial score (nSPS) is 23.8. The molecule has 462 valence electrons. The van der Waals surface area contributed by atoms with E-state index in [0.29, 0.717) is 46.8 Å². The number of aliphatic hydroxyl groups is 1. The van der Waals surface area contributed by atoms with Crippen molar-refractivity contribution in [3.63, 3.8) is 0 Å². The Kier molecular flexibility index (Phi) is 24.3. The molecule has 10 atom stereocenters. The van der Waals surface area contributed by atoms with E-state index in [-0.39, 0.29) is 50.5 Å². The van der Waals surface area contributed by atoms with Gasteiger partial charge in [-0.25, -0.2) is 4.79 Å². The lowest BCUT2D eigenvalue weighted by Crippen LogP contribution is -2.61. The number of ether oxygens (including phenoxy) is 4. The summed E-state index contributed by atoms with van der Waals surface area (Å²) in [6.07, 6.45) is -2.52. The highest BCUT2D eigenvalue weighted by molar-refractivity contribution is 5.97. The lowest BCUT2D eigenvalue weighted by Gasteiger charge is -2.36. The molecule has 0 aromatic heterocycles. The first-order chi connectivity index (χ1) is 39.5. The average molecular weight is 1170 g/mol. The number of anilines is 1. The number of esters is 2. The van der Waals surface area contributed by atoms with E-state index >= 15 is 4.79 Å². The van der Waals surface area contributed by atoms with Crippen LogP contribution in [0.4, 0.5) is 5.69 Å². The Balaban J connectivity index is 1.52. The Labute approximate surface area is 494 Å². The molecule has 22 heteroatoms. The second-order valence-electron chi connectivity index (χ2n) is 23.8. The number of hydrogen-bond acceptors (Lipinski definition) is 15. The Morgan fingerprint density at radius 2 is 1.58 bits per heavy atom. The van der Waals surface area contributed by atoms with Gasteiger partial charge in [0, 0.05) is 58.5 Å². The Morgan fingerprint density at radius 3 is 2.19 bits per heavy atom. The van der Waals surface area contributed by atoms with Gasteiger partial charge in [0.1, 0.15) is 53.6 Å². The zero-order valence-corrected chi connectivity index (χ0v) is 51.4. The average Bonchev–Trinajstić information content (AvgIpc) is 3.61. The standard InChI is InChI=1S/C62H90N8O14/c1-16-37(8)54-49(71)32-53(74)84-56(36(6)7)59(77)64-45(26-34(2)3)60(78)70-25-17-18-46(70)61(79)69(14)48(29-40-19-22-43(81-15)23-20-40)62(80)83-39(10)55(58(76)65-54)66-57(75)47(27-35(4)5)68(13)52(73)33-63-51(72)30-41-28-38(9)82-50-31-42(67(11)12)21-24-44(41)50/h19-24,28,31,34-37,39,45-49,54-56,71H,9,16-18,25-27,29-30,32-33H2,1-8,10-15H3,(H,63,72)(H,64,77)(H,65,76)(H,66,75)/t37-,39-,45-,46-,47+,48-,49-,54-,55+,56-/m0/s1. The first-order valence-corrected chi connectivity index (χ1v) is 29.2. The van der Waals surface area contributed by atoms with Gasteiger partial charge in [-0.2, -0.15) is 0 Å². The number of fused-ring (bicyclic) bond motifs is 2. The number of nitrogens with zero attached hydrogens (tertiary/aromatic N) is 4. The van der Waals surface area contributed by atoms with Gasteiger partial charge in [0.2, 0.25) is 35.4 Å². The van der Waals surface area contributed by atoms with Gasteiger partial charge < -0.3 is 64.9 Å². The first-order valence-electron chi connectivity index (χ1n) is 29.2. The molecule has 5 rings (SSSR count). The maximum atomic E-state index is 15.0. The van der Waals surface area contributed by atoms with Gasteiger partial charge in [0.25, 0.3) is 5.91 Å². The number of aliphatic hydroxyl groups excluding tert-OH is 1. The van der Waals surface area contributed by atoms with Gasteiger partial charge in [0.15, 0.2) is 6.10 Å². The predicted octanol–water partition coefficient (Wildman–Crippen LogP) is 4.30. The number of amides is 7. The minimum Gasteiger partial charge on any atom is -0.497 e. The maximum Gasteiger partial charge on any atom is 0.329 e. The van der Waals surface area contributed by atoms with Crippen LogP contribution in [0.1, 0.15) is 118 Å². The summed E-state index contributed by atoms with van der Waals surface area (Å²) in [7, 11) is 8.10.